The Morgan fingerprint density at radius 3 is 2.72 bits per heavy atom. The van der Waals surface area contributed by atoms with Crippen LogP contribution in [0, 0.1) is 0 Å². The predicted molar refractivity (Wildman–Crippen MR) is 76.9 cm³/mol. The van der Waals surface area contributed by atoms with Crippen molar-refractivity contribution in [3.05, 3.63) is 45.1 Å². The van der Waals surface area contributed by atoms with Gasteiger partial charge in [0, 0.05) is 11.0 Å². The van der Waals surface area contributed by atoms with Crippen LogP contribution in [0.25, 0.3) is 0 Å². The van der Waals surface area contributed by atoms with Crippen molar-refractivity contribution >= 4 is 43.0 Å². The van der Waals surface area contributed by atoms with E-state index in [1.807, 2.05) is 16.8 Å². The van der Waals surface area contributed by atoms with E-state index in [4.69, 9.17) is 5.73 Å². The molecule has 0 radical (unpaired) electrons. The van der Waals surface area contributed by atoms with Crippen LogP contribution in [0.4, 0.5) is 5.69 Å². The number of nitrogen functional groups attached to an aromatic ring is 1. The SMILES string of the molecule is Nc1cc(Br)ccc1S(=O)(=O)NCc1ccsc1. The Bertz CT molecular complexity index is 639. The number of sulfonamides is 1. The van der Waals surface area contributed by atoms with Crippen molar-refractivity contribution in [1.29, 1.82) is 0 Å². The zero-order chi connectivity index (χ0) is 13.2. The van der Waals surface area contributed by atoms with Gasteiger partial charge in [-0.1, -0.05) is 15.9 Å². The van der Waals surface area contributed by atoms with E-state index in [0.717, 1.165) is 10.0 Å². The lowest BCUT2D eigenvalue weighted by molar-refractivity contribution is 0.582. The molecule has 2 rings (SSSR count). The Balaban J connectivity index is 2.20. The van der Waals surface area contributed by atoms with Crippen LogP contribution in [-0.4, -0.2) is 8.42 Å². The minimum atomic E-state index is -3.57. The number of benzene rings is 1. The second-order valence-electron chi connectivity index (χ2n) is 3.64. The highest BCUT2D eigenvalue weighted by Gasteiger charge is 2.17. The van der Waals surface area contributed by atoms with Crippen molar-refractivity contribution in [2.45, 2.75) is 11.4 Å². The van der Waals surface area contributed by atoms with Crippen LogP contribution in [-0.2, 0) is 16.6 Å². The molecule has 3 N–H and O–H groups in total. The highest BCUT2D eigenvalue weighted by atomic mass is 79.9. The Labute approximate surface area is 118 Å². The summed E-state index contributed by atoms with van der Waals surface area (Å²) in [6.07, 6.45) is 0. The molecule has 0 fully saturated rings. The van der Waals surface area contributed by atoms with Crippen LogP contribution in [0.2, 0.25) is 0 Å². The number of hydrogen-bond acceptors (Lipinski definition) is 4. The third-order valence-corrected chi connectivity index (χ3v) is 5.01. The van der Waals surface area contributed by atoms with Crippen LogP contribution < -0.4 is 10.5 Å². The molecule has 4 nitrogen and oxygen atoms in total. The van der Waals surface area contributed by atoms with Crippen molar-refractivity contribution < 1.29 is 8.42 Å². The normalized spacial score (nSPS) is 11.6. The molecule has 0 atom stereocenters. The maximum atomic E-state index is 12.1. The molecule has 1 aromatic heterocycles. The van der Waals surface area contributed by atoms with Crippen molar-refractivity contribution in [1.82, 2.24) is 4.72 Å². The Morgan fingerprint density at radius 1 is 1.33 bits per heavy atom. The fourth-order valence-electron chi connectivity index (χ4n) is 1.41. The summed E-state index contributed by atoms with van der Waals surface area (Å²) in [6, 6.07) is 6.57. The van der Waals surface area contributed by atoms with E-state index in [1.165, 1.54) is 17.4 Å². The van der Waals surface area contributed by atoms with Gasteiger partial charge >= 0.3 is 0 Å². The lowest BCUT2D eigenvalue weighted by atomic mass is 10.3. The maximum Gasteiger partial charge on any atom is 0.242 e. The van der Waals surface area contributed by atoms with E-state index in [9.17, 15) is 8.42 Å². The van der Waals surface area contributed by atoms with E-state index >= 15 is 0 Å². The van der Waals surface area contributed by atoms with E-state index in [2.05, 4.69) is 20.7 Å². The van der Waals surface area contributed by atoms with Gasteiger partial charge in [-0.15, -0.1) is 0 Å². The highest BCUT2D eigenvalue weighted by Crippen LogP contribution is 2.22. The van der Waals surface area contributed by atoms with Gasteiger partial charge in [0.2, 0.25) is 10.0 Å². The molecule has 2 aromatic rings. The summed E-state index contributed by atoms with van der Waals surface area (Å²) < 4.78 is 27.4. The second kappa shape index (κ2) is 5.40. The minimum absolute atomic E-state index is 0.0981. The molecule has 0 aliphatic heterocycles. The Kier molecular flexibility index (Phi) is 4.06. The first-order valence-electron chi connectivity index (χ1n) is 5.05. The molecule has 1 heterocycles. The molecule has 1 aromatic carbocycles. The number of nitrogens with two attached hydrogens (primary N) is 1. The fourth-order valence-corrected chi connectivity index (χ4v) is 3.59. The monoisotopic (exact) mass is 346 g/mol. The molecular weight excluding hydrogens is 336 g/mol. The number of nitrogens with one attached hydrogen (secondary N) is 1. The molecule has 0 spiro atoms. The zero-order valence-electron chi connectivity index (χ0n) is 9.26. The minimum Gasteiger partial charge on any atom is -0.398 e. The lowest BCUT2D eigenvalue weighted by Crippen LogP contribution is -2.23. The van der Waals surface area contributed by atoms with Crippen LogP contribution in [0.15, 0.2) is 44.4 Å². The largest absolute Gasteiger partial charge is 0.398 e. The van der Waals surface area contributed by atoms with Gasteiger partial charge in [-0.3, -0.25) is 0 Å². The van der Waals surface area contributed by atoms with Gasteiger partial charge in [0.15, 0.2) is 0 Å². The highest BCUT2D eigenvalue weighted by molar-refractivity contribution is 9.10. The summed E-state index contributed by atoms with van der Waals surface area (Å²) in [6.45, 7) is 0.265. The average molecular weight is 347 g/mol. The van der Waals surface area contributed by atoms with Crippen molar-refractivity contribution in [3.63, 3.8) is 0 Å². The Morgan fingerprint density at radius 2 is 2.11 bits per heavy atom. The second-order valence-corrected chi connectivity index (χ2v) is 7.07. The third-order valence-electron chi connectivity index (χ3n) is 2.31. The number of hydrogen-bond donors (Lipinski definition) is 2. The number of rotatable bonds is 4. The van der Waals surface area contributed by atoms with E-state index in [0.29, 0.717) is 0 Å². The molecule has 0 bridgehead atoms. The number of halogens is 1. The van der Waals surface area contributed by atoms with Crippen LogP contribution >= 0.6 is 27.3 Å². The summed E-state index contributed by atoms with van der Waals surface area (Å²) in [5.74, 6) is 0. The summed E-state index contributed by atoms with van der Waals surface area (Å²) >= 11 is 4.77. The molecule has 96 valence electrons. The first-order valence-corrected chi connectivity index (χ1v) is 8.27. The molecule has 0 amide bonds. The van der Waals surface area contributed by atoms with Gasteiger partial charge in [0.25, 0.3) is 0 Å². The van der Waals surface area contributed by atoms with Gasteiger partial charge < -0.3 is 5.73 Å². The Hall–Kier alpha value is -0.890. The standard InChI is InChI=1S/C11H11BrN2O2S2/c12-9-1-2-11(10(13)5-9)18(15,16)14-6-8-3-4-17-7-8/h1-5,7,14H,6,13H2. The first-order chi connectivity index (χ1) is 8.49. The van der Waals surface area contributed by atoms with Crippen molar-refractivity contribution in [2.24, 2.45) is 0 Å². The third kappa shape index (κ3) is 3.11. The first kappa shape index (κ1) is 13.5. The quantitative estimate of drug-likeness (QED) is 0.835. The van der Waals surface area contributed by atoms with Gasteiger partial charge in [-0.2, -0.15) is 11.3 Å². The van der Waals surface area contributed by atoms with Gasteiger partial charge in [-0.25, -0.2) is 13.1 Å². The van der Waals surface area contributed by atoms with Crippen molar-refractivity contribution in [2.75, 3.05) is 5.73 Å². The molecule has 0 saturated carbocycles. The molecule has 7 heteroatoms. The van der Waals surface area contributed by atoms with E-state index in [1.54, 1.807) is 12.1 Å². The molecule has 0 saturated heterocycles. The van der Waals surface area contributed by atoms with Crippen LogP contribution in [0.5, 0.6) is 0 Å². The molecule has 0 aliphatic rings. The van der Waals surface area contributed by atoms with Gasteiger partial charge in [0.1, 0.15) is 4.90 Å². The summed E-state index contributed by atoms with van der Waals surface area (Å²) in [4.78, 5) is 0.0981. The topological polar surface area (TPSA) is 72.2 Å². The summed E-state index contributed by atoms with van der Waals surface area (Å²) in [5.41, 5.74) is 6.86. The van der Waals surface area contributed by atoms with Gasteiger partial charge in [0.05, 0.1) is 5.69 Å². The van der Waals surface area contributed by atoms with Gasteiger partial charge in [-0.05, 0) is 40.6 Å². The van der Waals surface area contributed by atoms with E-state index in [-0.39, 0.29) is 17.1 Å². The van der Waals surface area contributed by atoms with Crippen LogP contribution in [0.1, 0.15) is 5.56 Å². The van der Waals surface area contributed by atoms with E-state index < -0.39 is 10.0 Å². The zero-order valence-corrected chi connectivity index (χ0v) is 12.5. The average Bonchev–Trinajstić information content (AvgIpc) is 2.78. The molecule has 18 heavy (non-hydrogen) atoms. The number of thiophene rings is 1. The van der Waals surface area contributed by atoms with Crippen LogP contribution in [0.3, 0.4) is 0 Å². The lowest BCUT2D eigenvalue weighted by Gasteiger charge is -2.08. The summed E-state index contributed by atoms with van der Waals surface area (Å²) in [5, 5.41) is 3.80. The number of anilines is 1. The molecule has 0 aliphatic carbocycles. The maximum absolute atomic E-state index is 12.1. The molecule has 0 unspecified atom stereocenters. The smallest absolute Gasteiger partial charge is 0.242 e. The molecular formula is C11H11BrN2O2S2. The summed E-state index contributed by atoms with van der Waals surface area (Å²) in [7, 11) is -3.57. The predicted octanol–water partition coefficient (Wildman–Crippen LogP) is 2.57. The fraction of sp³-hybridized carbons (Fsp3) is 0.0909. The van der Waals surface area contributed by atoms with Crippen molar-refractivity contribution in [3.8, 4) is 0 Å².